The number of nitrogens with two attached hydrogens (primary N) is 1. The first kappa shape index (κ1) is 10.9. The van der Waals surface area contributed by atoms with Gasteiger partial charge in [0.25, 0.3) is 0 Å². The number of nitrogens with one attached hydrogen (secondary N) is 1. The Labute approximate surface area is 96.2 Å². The van der Waals surface area contributed by atoms with E-state index in [0.29, 0.717) is 10.7 Å². The fraction of sp³-hybridized carbons (Fsp3) is 0.200. The summed E-state index contributed by atoms with van der Waals surface area (Å²) in [7, 11) is 0. The van der Waals surface area contributed by atoms with Gasteiger partial charge in [0, 0.05) is 24.2 Å². The molecule has 6 heteroatoms. The number of H-pyrrole nitrogens is 1. The van der Waals surface area contributed by atoms with E-state index in [4.69, 9.17) is 22.4 Å². The number of halogens is 1. The quantitative estimate of drug-likeness (QED) is 0.750. The molecule has 0 radical (unpaired) electrons. The van der Waals surface area contributed by atoms with Gasteiger partial charge < -0.3 is 15.8 Å². The Balaban J connectivity index is 2.37. The van der Waals surface area contributed by atoms with Crippen molar-refractivity contribution in [2.24, 2.45) is 5.73 Å². The van der Waals surface area contributed by atoms with Crippen LogP contribution in [0.1, 0.15) is 5.56 Å². The van der Waals surface area contributed by atoms with Gasteiger partial charge in [-0.25, -0.2) is 4.98 Å². The molecule has 5 nitrogen and oxygen atoms in total. The summed E-state index contributed by atoms with van der Waals surface area (Å²) in [4.78, 5) is 17.7. The maximum Gasteiger partial charge on any atom is 0.320 e. The molecule has 16 heavy (non-hydrogen) atoms. The van der Waals surface area contributed by atoms with Crippen molar-refractivity contribution >= 4 is 28.6 Å². The van der Waals surface area contributed by atoms with Gasteiger partial charge in [0.2, 0.25) is 0 Å². The lowest BCUT2D eigenvalue weighted by atomic mass is 10.1. The van der Waals surface area contributed by atoms with E-state index >= 15 is 0 Å². The van der Waals surface area contributed by atoms with E-state index < -0.39 is 12.0 Å². The molecule has 0 aromatic carbocycles. The molecule has 0 saturated heterocycles. The third kappa shape index (κ3) is 2.00. The lowest BCUT2D eigenvalue weighted by Gasteiger charge is -2.04. The highest BCUT2D eigenvalue weighted by atomic mass is 35.5. The molecule has 0 saturated carbocycles. The average Bonchev–Trinajstić information content (AvgIpc) is 2.61. The third-order valence-corrected chi connectivity index (χ3v) is 2.55. The van der Waals surface area contributed by atoms with Gasteiger partial charge in [-0.05, 0) is 11.6 Å². The van der Waals surface area contributed by atoms with Crippen LogP contribution in [-0.2, 0) is 11.2 Å². The molecule has 0 amide bonds. The van der Waals surface area contributed by atoms with Crippen molar-refractivity contribution in [1.82, 2.24) is 9.97 Å². The molecule has 2 aromatic heterocycles. The van der Waals surface area contributed by atoms with E-state index in [1.807, 2.05) is 0 Å². The molecular weight excluding hydrogens is 230 g/mol. The maximum atomic E-state index is 10.7. The number of pyridine rings is 1. The Bertz CT molecular complexity index is 538. The van der Waals surface area contributed by atoms with Crippen molar-refractivity contribution < 1.29 is 9.90 Å². The number of nitrogens with zero attached hydrogens (tertiary/aromatic N) is 1. The Kier molecular flexibility index (Phi) is 2.80. The van der Waals surface area contributed by atoms with Gasteiger partial charge in [0.15, 0.2) is 0 Å². The average molecular weight is 240 g/mol. The number of aromatic nitrogens is 2. The molecule has 0 aliphatic heterocycles. The fourth-order valence-corrected chi connectivity index (χ4v) is 1.68. The zero-order valence-corrected chi connectivity index (χ0v) is 9.03. The zero-order chi connectivity index (χ0) is 11.7. The highest BCUT2D eigenvalue weighted by molar-refractivity contribution is 6.31. The summed E-state index contributed by atoms with van der Waals surface area (Å²) in [5.74, 6) is -1.02. The highest BCUT2D eigenvalue weighted by Crippen LogP contribution is 2.21. The lowest BCUT2D eigenvalue weighted by Crippen LogP contribution is -2.32. The van der Waals surface area contributed by atoms with Crippen molar-refractivity contribution in [1.29, 1.82) is 0 Å². The van der Waals surface area contributed by atoms with E-state index in [2.05, 4.69) is 9.97 Å². The van der Waals surface area contributed by atoms with Crippen molar-refractivity contribution in [3.8, 4) is 0 Å². The van der Waals surface area contributed by atoms with E-state index in [9.17, 15) is 4.79 Å². The van der Waals surface area contributed by atoms with E-state index in [1.165, 1.54) is 6.20 Å². The van der Waals surface area contributed by atoms with Gasteiger partial charge in [0.1, 0.15) is 11.7 Å². The molecule has 0 aliphatic carbocycles. The van der Waals surface area contributed by atoms with Crippen LogP contribution >= 0.6 is 11.6 Å². The second-order valence-electron chi connectivity index (χ2n) is 3.51. The molecule has 0 aliphatic rings. The molecule has 2 heterocycles. The van der Waals surface area contributed by atoms with Crippen molar-refractivity contribution in [2.45, 2.75) is 12.5 Å². The summed E-state index contributed by atoms with van der Waals surface area (Å²) in [5, 5.41) is 10.1. The lowest BCUT2D eigenvalue weighted by molar-refractivity contribution is -0.138. The van der Waals surface area contributed by atoms with Crippen molar-refractivity contribution in [2.75, 3.05) is 0 Å². The van der Waals surface area contributed by atoms with Gasteiger partial charge in [-0.2, -0.15) is 0 Å². The first-order valence-corrected chi connectivity index (χ1v) is 5.05. The standard InChI is InChI=1S/C10H10ClN3O2/c11-6-2-7-5(1-8(12)10(15)16)3-13-9(7)14-4-6/h2-4,8H,1,12H2,(H,13,14)(H,15,16). The van der Waals surface area contributed by atoms with Crippen molar-refractivity contribution in [3.63, 3.8) is 0 Å². The van der Waals surface area contributed by atoms with Crippen LogP contribution in [-0.4, -0.2) is 27.1 Å². The Morgan fingerprint density at radius 2 is 2.44 bits per heavy atom. The number of aliphatic carboxylic acids is 1. The highest BCUT2D eigenvalue weighted by Gasteiger charge is 2.15. The monoisotopic (exact) mass is 239 g/mol. The molecule has 84 valence electrons. The number of hydrogen-bond donors (Lipinski definition) is 3. The van der Waals surface area contributed by atoms with E-state index in [0.717, 1.165) is 10.9 Å². The molecule has 0 fully saturated rings. The number of fused-ring (bicyclic) bond motifs is 1. The predicted molar refractivity (Wildman–Crippen MR) is 60.4 cm³/mol. The van der Waals surface area contributed by atoms with Gasteiger partial charge in [-0.3, -0.25) is 4.79 Å². The maximum absolute atomic E-state index is 10.7. The number of hydrogen-bond acceptors (Lipinski definition) is 3. The van der Waals surface area contributed by atoms with Crippen molar-refractivity contribution in [3.05, 3.63) is 29.0 Å². The van der Waals surface area contributed by atoms with Crippen LogP contribution in [0.25, 0.3) is 11.0 Å². The molecule has 1 unspecified atom stereocenters. The van der Waals surface area contributed by atoms with E-state index in [1.54, 1.807) is 12.3 Å². The number of aromatic amines is 1. The molecular formula is C10H10ClN3O2. The Morgan fingerprint density at radius 3 is 3.12 bits per heavy atom. The third-order valence-electron chi connectivity index (χ3n) is 2.34. The zero-order valence-electron chi connectivity index (χ0n) is 8.27. The minimum atomic E-state index is -1.02. The fourth-order valence-electron chi connectivity index (χ4n) is 1.53. The molecule has 4 N–H and O–H groups in total. The second-order valence-corrected chi connectivity index (χ2v) is 3.95. The van der Waals surface area contributed by atoms with Crippen LogP contribution in [0.2, 0.25) is 5.02 Å². The number of carboxylic acids is 1. The summed E-state index contributed by atoms with van der Waals surface area (Å²) in [5.41, 5.74) is 6.95. The minimum absolute atomic E-state index is 0.247. The Morgan fingerprint density at radius 1 is 1.69 bits per heavy atom. The normalized spacial score (nSPS) is 12.9. The van der Waals surface area contributed by atoms with Crippen LogP contribution in [0, 0.1) is 0 Å². The molecule has 2 aromatic rings. The van der Waals surface area contributed by atoms with E-state index in [-0.39, 0.29) is 6.42 Å². The van der Waals surface area contributed by atoms with Gasteiger partial charge in [-0.15, -0.1) is 0 Å². The second kappa shape index (κ2) is 4.11. The Hall–Kier alpha value is -1.59. The van der Waals surface area contributed by atoms with Gasteiger partial charge in [-0.1, -0.05) is 11.6 Å². The molecule has 1 atom stereocenters. The van der Waals surface area contributed by atoms with Crippen LogP contribution in [0.3, 0.4) is 0 Å². The minimum Gasteiger partial charge on any atom is -0.480 e. The smallest absolute Gasteiger partial charge is 0.320 e. The number of rotatable bonds is 3. The predicted octanol–water partition coefficient (Wildman–Crippen LogP) is 1.17. The van der Waals surface area contributed by atoms with Crippen LogP contribution in [0.15, 0.2) is 18.5 Å². The van der Waals surface area contributed by atoms with Crippen LogP contribution in [0.4, 0.5) is 0 Å². The summed E-state index contributed by atoms with van der Waals surface area (Å²) >= 11 is 5.82. The summed E-state index contributed by atoms with van der Waals surface area (Å²) in [6.45, 7) is 0. The molecule has 0 spiro atoms. The van der Waals surface area contributed by atoms with Crippen LogP contribution < -0.4 is 5.73 Å². The molecule has 0 bridgehead atoms. The van der Waals surface area contributed by atoms with Crippen LogP contribution in [0.5, 0.6) is 0 Å². The summed E-state index contributed by atoms with van der Waals surface area (Å²) < 4.78 is 0. The first-order chi connectivity index (χ1) is 7.58. The van der Waals surface area contributed by atoms with Gasteiger partial charge in [0.05, 0.1) is 5.02 Å². The number of carboxylic acid groups (broad SMARTS) is 1. The van der Waals surface area contributed by atoms with Gasteiger partial charge >= 0.3 is 5.97 Å². The molecule has 2 rings (SSSR count). The summed E-state index contributed by atoms with van der Waals surface area (Å²) in [6, 6.07) is 0.822. The summed E-state index contributed by atoms with van der Waals surface area (Å²) in [6.07, 6.45) is 3.48. The topological polar surface area (TPSA) is 92.0 Å². The number of carbonyl (C=O) groups is 1. The largest absolute Gasteiger partial charge is 0.480 e. The SMILES string of the molecule is NC(Cc1c[nH]c2ncc(Cl)cc12)C(=O)O. The first-order valence-electron chi connectivity index (χ1n) is 4.68.